The predicted molar refractivity (Wildman–Crippen MR) is 67.0 cm³/mol. The molecule has 1 amide bonds. The van der Waals surface area contributed by atoms with Gasteiger partial charge in [-0.15, -0.1) is 11.8 Å². The van der Waals surface area contributed by atoms with E-state index in [4.69, 9.17) is 0 Å². The lowest BCUT2D eigenvalue weighted by Gasteiger charge is -2.24. The number of aryl methyl sites for hydroxylation is 1. The summed E-state index contributed by atoms with van der Waals surface area (Å²) in [5.41, 5.74) is 2.63. The Morgan fingerprint density at radius 3 is 3.12 bits per heavy atom. The van der Waals surface area contributed by atoms with Gasteiger partial charge in [0.25, 0.3) is 0 Å². The lowest BCUT2D eigenvalue weighted by molar-refractivity contribution is -0.122. The lowest BCUT2D eigenvalue weighted by atomic mass is 10.2. The number of rotatable bonds is 3. The van der Waals surface area contributed by atoms with Crippen LogP contribution in [-0.2, 0) is 10.5 Å². The smallest absolute Gasteiger partial charge is 0.223 e. The number of amides is 1. The van der Waals surface area contributed by atoms with Crippen molar-refractivity contribution in [3.63, 3.8) is 0 Å². The van der Waals surface area contributed by atoms with Crippen molar-refractivity contribution in [2.75, 3.05) is 6.54 Å². The van der Waals surface area contributed by atoms with Gasteiger partial charge in [-0.3, -0.25) is 10.1 Å². The molecule has 86 valence electrons. The Balaban J connectivity index is 1.85. The van der Waals surface area contributed by atoms with Gasteiger partial charge >= 0.3 is 0 Å². The molecule has 1 aliphatic rings. The van der Waals surface area contributed by atoms with E-state index in [0.29, 0.717) is 6.42 Å². The second-order valence-corrected chi connectivity index (χ2v) is 5.05. The molecule has 2 rings (SSSR count). The number of benzene rings is 1. The van der Waals surface area contributed by atoms with Crippen LogP contribution in [0.3, 0.4) is 0 Å². The SMILES string of the molecule is Cc1cccc(CSC2NCCC(=O)N2)c1. The Morgan fingerprint density at radius 2 is 2.38 bits per heavy atom. The van der Waals surface area contributed by atoms with Crippen molar-refractivity contribution in [2.45, 2.75) is 24.6 Å². The number of hydrogen-bond donors (Lipinski definition) is 2. The summed E-state index contributed by atoms with van der Waals surface area (Å²) in [6, 6.07) is 8.45. The molecule has 1 aromatic rings. The zero-order valence-electron chi connectivity index (χ0n) is 9.32. The molecular formula is C12H16N2OS. The minimum atomic E-state index is 0.0572. The molecule has 16 heavy (non-hydrogen) atoms. The van der Waals surface area contributed by atoms with Crippen LogP contribution in [0.15, 0.2) is 24.3 Å². The van der Waals surface area contributed by atoms with Gasteiger partial charge in [0.1, 0.15) is 5.50 Å². The van der Waals surface area contributed by atoms with Crippen LogP contribution in [0.5, 0.6) is 0 Å². The van der Waals surface area contributed by atoms with Crippen LogP contribution in [0.1, 0.15) is 17.5 Å². The Morgan fingerprint density at radius 1 is 1.50 bits per heavy atom. The van der Waals surface area contributed by atoms with E-state index >= 15 is 0 Å². The van der Waals surface area contributed by atoms with Gasteiger partial charge < -0.3 is 5.32 Å². The van der Waals surface area contributed by atoms with Crippen LogP contribution in [0, 0.1) is 6.92 Å². The van der Waals surface area contributed by atoms with E-state index in [1.165, 1.54) is 11.1 Å². The summed E-state index contributed by atoms with van der Waals surface area (Å²) >= 11 is 1.72. The van der Waals surface area contributed by atoms with Gasteiger partial charge in [0, 0.05) is 18.7 Å². The first-order valence-corrected chi connectivity index (χ1v) is 6.49. The Kier molecular flexibility index (Phi) is 3.85. The highest BCUT2D eigenvalue weighted by atomic mass is 32.2. The predicted octanol–water partition coefficient (Wildman–Crippen LogP) is 1.62. The number of thioether (sulfide) groups is 1. The third-order valence-corrected chi connectivity index (χ3v) is 3.59. The quantitative estimate of drug-likeness (QED) is 0.838. The van der Waals surface area contributed by atoms with Crippen molar-refractivity contribution in [3.05, 3.63) is 35.4 Å². The minimum absolute atomic E-state index is 0.0572. The molecule has 3 nitrogen and oxygen atoms in total. The summed E-state index contributed by atoms with van der Waals surface area (Å²) < 4.78 is 0. The molecular weight excluding hydrogens is 220 g/mol. The molecule has 0 spiro atoms. The zero-order chi connectivity index (χ0) is 11.4. The summed E-state index contributed by atoms with van der Waals surface area (Å²) in [5, 5.41) is 6.18. The first-order chi connectivity index (χ1) is 7.74. The Hall–Kier alpha value is -1.00. The van der Waals surface area contributed by atoms with E-state index in [9.17, 15) is 4.79 Å². The summed E-state index contributed by atoms with van der Waals surface area (Å²) in [4.78, 5) is 11.2. The number of carbonyl (C=O) groups is 1. The third kappa shape index (κ3) is 3.25. The monoisotopic (exact) mass is 236 g/mol. The van der Waals surface area contributed by atoms with E-state index in [1.807, 2.05) is 0 Å². The van der Waals surface area contributed by atoms with E-state index in [0.717, 1.165) is 12.3 Å². The third-order valence-electron chi connectivity index (χ3n) is 2.47. The van der Waals surface area contributed by atoms with Gasteiger partial charge in [-0.05, 0) is 12.5 Å². The highest BCUT2D eigenvalue weighted by Gasteiger charge is 2.16. The maximum absolute atomic E-state index is 11.2. The van der Waals surface area contributed by atoms with Gasteiger partial charge in [0.15, 0.2) is 0 Å². The van der Waals surface area contributed by atoms with Crippen LogP contribution in [0.4, 0.5) is 0 Å². The van der Waals surface area contributed by atoms with Crippen LogP contribution >= 0.6 is 11.8 Å². The number of carbonyl (C=O) groups excluding carboxylic acids is 1. The molecule has 0 aliphatic carbocycles. The number of hydrogen-bond acceptors (Lipinski definition) is 3. The fourth-order valence-corrected chi connectivity index (χ4v) is 2.66. The normalized spacial score (nSPS) is 20.6. The van der Waals surface area contributed by atoms with Crippen LogP contribution < -0.4 is 10.6 Å². The van der Waals surface area contributed by atoms with E-state index in [2.05, 4.69) is 41.8 Å². The zero-order valence-corrected chi connectivity index (χ0v) is 10.1. The molecule has 0 bridgehead atoms. The maximum atomic E-state index is 11.2. The summed E-state index contributed by atoms with van der Waals surface area (Å²) in [6.07, 6.45) is 0.585. The largest absolute Gasteiger partial charge is 0.332 e. The molecule has 0 aromatic heterocycles. The standard InChI is InChI=1S/C12H16N2OS/c1-9-3-2-4-10(7-9)8-16-12-13-6-5-11(15)14-12/h2-4,7,12-13H,5-6,8H2,1H3,(H,14,15). The van der Waals surface area contributed by atoms with Crippen molar-refractivity contribution in [1.29, 1.82) is 0 Å². The highest BCUT2D eigenvalue weighted by molar-refractivity contribution is 7.99. The van der Waals surface area contributed by atoms with Crippen molar-refractivity contribution in [3.8, 4) is 0 Å². The van der Waals surface area contributed by atoms with Crippen LogP contribution in [-0.4, -0.2) is 17.9 Å². The topological polar surface area (TPSA) is 41.1 Å². The van der Waals surface area contributed by atoms with Crippen molar-refractivity contribution < 1.29 is 4.79 Å². The van der Waals surface area contributed by atoms with Gasteiger partial charge in [0.2, 0.25) is 5.91 Å². The van der Waals surface area contributed by atoms with Crippen LogP contribution in [0.2, 0.25) is 0 Å². The van der Waals surface area contributed by atoms with E-state index < -0.39 is 0 Å². The molecule has 1 saturated heterocycles. The van der Waals surface area contributed by atoms with E-state index in [1.54, 1.807) is 11.8 Å². The Labute approximate surface area is 100.0 Å². The summed E-state index contributed by atoms with van der Waals surface area (Å²) in [6.45, 7) is 2.87. The molecule has 0 radical (unpaired) electrons. The molecule has 1 heterocycles. The average Bonchev–Trinajstić information content (AvgIpc) is 2.27. The summed E-state index contributed by atoms with van der Waals surface area (Å²) in [5.74, 6) is 1.06. The van der Waals surface area contributed by atoms with Gasteiger partial charge in [0.05, 0.1) is 0 Å². The highest BCUT2D eigenvalue weighted by Crippen LogP contribution is 2.17. The first-order valence-electron chi connectivity index (χ1n) is 5.44. The molecule has 1 fully saturated rings. The second kappa shape index (κ2) is 5.37. The van der Waals surface area contributed by atoms with E-state index in [-0.39, 0.29) is 11.4 Å². The molecule has 1 unspecified atom stereocenters. The first kappa shape index (κ1) is 11.5. The summed E-state index contributed by atoms with van der Waals surface area (Å²) in [7, 11) is 0. The number of nitrogens with one attached hydrogen (secondary N) is 2. The average molecular weight is 236 g/mol. The molecule has 1 atom stereocenters. The molecule has 1 aromatic carbocycles. The lowest BCUT2D eigenvalue weighted by Crippen LogP contribution is -2.49. The van der Waals surface area contributed by atoms with Gasteiger partial charge in [-0.2, -0.15) is 0 Å². The fourth-order valence-electron chi connectivity index (χ4n) is 1.67. The van der Waals surface area contributed by atoms with Crippen molar-refractivity contribution >= 4 is 17.7 Å². The van der Waals surface area contributed by atoms with Crippen LogP contribution in [0.25, 0.3) is 0 Å². The fraction of sp³-hybridized carbons (Fsp3) is 0.417. The second-order valence-electron chi connectivity index (χ2n) is 3.95. The van der Waals surface area contributed by atoms with Gasteiger partial charge in [-0.25, -0.2) is 0 Å². The van der Waals surface area contributed by atoms with Gasteiger partial charge in [-0.1, -0.05) is 29.8 Å². The minimum Gasteiger partial charge on any atom is -0.332 e. The molecule has 0 saturated carbocycles. The van der Waals surface area contributed by atoms with Crippen molar-refractivity contribution in [1.82, 2.24) is 10.6 Å². The molecule has 2 N–H and O–H groups in total. The molecule has 4 heteroatoms. The Bertz CT molecular complexity index is 381. The van der Waals surface area contributed by atoms with Crippen molar-refractivity contribution in [2.24, 2.45) is 0 Å². The maximum Gasteiger partial charge on any atom is 0.223 e. The molecule has 1 aliphatic heterocycles.